The van der Waals surface area contributed by atoms with Gasteiger partial charge in [-0.25, -0.2) is 9.37 Å². The van der Waals surface area contributed by atoms with E-state index in [1.165, 1.54) is 12.1 Å². The maximum atomic E-state index is 13.5. The van der Waals surface area contributed by atoms with Crippen LogP contribution < -0.4 is 5.32 Å². The quantitative estimate of drug-likeness (QED) is 0.695. The number of rotatable bonds is 5. The van der Waals surface area contributed by atoms with Crippen LogP contribution in [0.1, 0.15) is 31.4 Å². The number of aryl methyl sites for hydroxylation is 1. The van der Waals surface area contributed by atoms with Crippen LogP contribution in [-0.2, 0) is 13.6 Å². The smallest absolute Gasteiger partial charge is 0.126 e. The molecule has 1 atom stereocenters. The Kier molecular flexibility index (Phi) is 4.55. The molecule has 3 aromatic rings. The summed E-state index contributed by atoms with van der Waals surface area (Å²) in [5, 5.41) is 4.54. The summed E-state index contributed by atoms with van der Waals surface area (Å²) in [6, 6.07) is 5.20. The van der Waals surface area contributed by atoms with E-state index in [-0.39, 0.29) is 11.9 Å². The van der Waals surface area contributed by atoms with Gasteiger partial charge in [-0.3, -0.25) is 0 Å². The van der Waals surface area contributed by atoms with Crippen molar-refractivity contribution in [3.8, 4) is 0 Å². The highest BCUT2D eigenvalue weighted by Gasteiger charge is 2.19. The molecule has 2 N–H and O–H groups in total. The molecule has 0 saturated carbocycles. The van der Waals surface area contributed by atoms with Crippen LogP contribution in [0.4, 0.5) is 4.39 Å². The first-order valence-electron chi connectivity index (χ1n) is 7.63. The van der Waals surface area contributed by atoms with Gasteiger partial charge in [0.1, 0.15) is 11.6 Å². The number of aromatic amines is 1. The van der Waals surface area contributed by atoms with Crippen molar-refractivity contribution in [2.45, 2.75) is 26.4 Å². The maximum absolute atomic E-state index is 13.5. The van der Waals surface area contributed by atoms with Crippen molar-refractivity contribution in [3.63, 3.8) is 0 Å². The number of imidazole rings is 1. The zero-order valence-electron chi connectivity index (χ0n) is 13.4. The standard InChI is InChI=1S/C17H20BrFN4/c1-10(2)16(17-20-4-5-23(17)3)21-9-12-8-13-14(18)6-11(19)7-15(13)22-12/h4-8,10,16,21-22H,9H2,1-3H3. The van der Waals surface area contributed by atoms with Gasteiger partial charge >= 0.3 is 0 Å². The Morgan fingerprint density at radius 2 is 2.13 bits per heavy atom. The first-order chi connectivity index (χ1) is 11.0. The van der Waals surface area contributed by atoms with Gasteiger partial charge in [0.25, 0.3) is 0 Å². The van der Waals surface area contributed by atoms with E-state index in [0.29, 0.717) is 12.5 Å². The van der Waals surface area contributed by atoms with Crippen molar-refractivity contribution >= 4 is 26.8 Å². The molecule has 0 amide bonds. The third-order valence-electron chi connectivity index (χ3n) is 4.02. The van der Waals surface area contributed by atoms with E-state index in [1.54, 1.807) is 0 Å². The van der Waals surface area contributed by atoms with Crippen molar-refractivity contribution in [2.24, 2.45) is 13.0 Å². The second-order valence-corrected chi connectivity index (χ2v) is 7.00. The summed E-state index contributed by atoms with van der Waals surface area (Å²) in [5.74, 6) is 1.17. The molecular formula is C17H20BrFN4. The molecule has 0 spiro atoms. The van der Waals surface area contributed by atoms with Crippen molar-refractivity contribution in [3.05, 3.63) is 52.4 Å². The average molecular weight is 379 g/mol. The molecule has 2 heterocycles. The number of halogens is 2. The molecule has 0 aliphatic carbocycles. The minimum absolute atomic E-state index is 0.154. The average Bonchev–Trinajstić information content (AvgIpc) is 3.06. The van der Waals surface area contributed by atoms with Gasteiger partial charge in [-0.2, -0.15) is 0 Å². The van der Waals surface area contributed by atoms with E-state index in [1.807, 2.05) is 30.1 Å². The fourth-order valence-corrected chi connectivity index (χ4v) is 3.38. The SMILES string of the molecule is CC(C)C(NCc1cc2c(Br)cc(F)cc2[nH]1)c1nccn1C. The van der Waals surface area contributed by atoms with Crippen molar-refractivity contribution in [1.82, 2.24) is 19.9 Å². The van der Waals surface area contributed by atoms with Gasteiger partial charge < -0.3 is 14.9 Å². The molecule has 3 rings (SSSR count). The van der Waals surface area contributed by atoms with E-state index >= 15 is 0 Å². The number of hydrogen-bond acceptors (Lipinski definition) is 2. The third-order valence-corrected chi connectivity index (χ3v) is 4.68. The highest BCUT2D eigenvalue weighted by atomic mass is 79.9. The number of hydrogen-bond donors (Lipinski definition) is 2. The van der Waals surface area contributed by atoms with Crippen LogP contribution >= 0.6 is 15.9 Å². The topological polar surface area (TPSA) is 45.6 Å². The summed E-state index contributed by atoms with van der Waals surface area (Å²) < 4.78 is 16.3. The van der Waals surface area contributed by atoms with Crippen LogP contribution in [-0.4, -0.2) is 14.5 Å². The Morgan fingerprint density at radius 1 is 1.35 bits per heavy atom. The normalized spacial score (nSPS) is 13.1. The molecule has 0 aliphatic rings. The van der Waals surface area contributed by atoms with E-state index in [4.69, 9.17) is 0 Å². The van der Waals surface area contributed by atoms with Crippen LogP contribution in [0.3, 0.4) is 0 Å². The number of aromatic nitrogens is 3. The van der Waals surface area contributed by atoms with Crippen molar-refractivity contribution in [2.75, 3.05) is 0 Å². The minimum atomic E-state index is -0.251. The van der Waals surface area contributed by atoms with Gasteiger partial charge in [0.15, 0.2) is 0 Å². The highest BCUT2D eigenvalue weighted by molar-refractivity contribution is 9.10. The number of nitrogens with one attached hydrogen (secondary N) is 2. The molecule has 0 bridgehead atoms. The molecule has 1 unspecified atom stereocenters. The Balaban J connectivity index is 1.81. The van der Waals surface area contributed by atoms with Crippen molar-refractivity contribution in [1.29, 1.82) is 0 Å². The Morgan fingerprint density at radius 3 is 2.78 bits per heavy atom. The summed E-state index contributed by atoms with van der Waals surface area (Å²) in [7, 11) is 2.00. The zero-order chi connectivity index (χ0) is 16.6. The van der Waals surface area contributed by atoms with Gasteiger partial charge in [0, 0.05) is 47.1 Å². The number of H-pyrrole nitrogens is 1. The van der Waals surface area contributed by atoms with Crippen molar-refractivity contribution < 1.29 is 4.39 Å². The molecule has 6 heteroatoms. The summed E-state index contributed by atoms with van der Waals surface area (Å²) in [5.41, 5.74) is 1.82. The Hall–Kier alpha value is -1.66. The highest BCUT2D eigenvalue weighted by Crippen LogP contribution is 2.27. The molecule has 4 nitrogen and oxygen atoms in total. The first kappa shape index (κ1) is 16.2. The van der Waals surface area contributed by atoms with Crippen LogP contribution in [0, 0.1) is 11.7 Å². The lowest BCUT2D eigenvalue weighted by atomic mass is 10.0. The Labute approximate surface area is 143 Å². The number of benzene rings is 1. The van der Waals surface area contributed by atoms with Crippen LogP contribution in [0.25, 0.3) is 10.9 Å². The van der Waals surface area contributed by atoms with Crippen LogP contribution in [0.5, 0.6) is 0 Å². The second-order valence-electron chi connectivity index (χ2n) is 6.14. The molecule has 23 heavy (non-hydrogen) atoms. The summed E-state index contributed by atoms with van der Waals surface area (Å²) in [6.45, 7) is 5.01. The fraction of sp³-hybridized carbons (Fsp3) is 0.353. The molecular weight excluding hydrogens is 359 g/mol. The monoisotopic (exact) mass is 378 g/mol. The van der Waals surface area contributed by atoms with Gasteiger partial charge in [-0.05, 0) is 40.0 Å². The summed E-state index contributed by atoms with van der Waals surface area (Å²) >= 11 is 3.41. The Bertz CT molecular complexity index is 821. The minimum Gasteiger partial charge on any atom is -0.357 e. The van der Waals surface area contributed by atoms with E-state index in [9.17, 15) is 4.39 Å². The number of fused-ring (bicyclic) bond motifs is 1. The summed E-state index contributed by atoms with van der Waals surface area (Å²) in [4.78, 5) is 7.72. The van der Waals surface area contributed by atoms with Gasteiger partial charge in [-0.1, -0.05) is 13.8 Å². The van der Waals surface area contributed by atoms with E-state index in [0.717, 1.165) is 26.9 Å². The van der Waals surface area contributed by atoms with Crippen LogP contribution in [0.2, 0.25) is 0 Å². The van der Waals surface area contributed by atoms with Gasteiger partial charge in [0.2, 0.25) is 0 Å². The molecule has 0 radical (unpaired) electrons. The maximum Gasteiger partial charge on any atom is 0.126 e. The lowest BCUT2D eigenvalue weighted by molar-refractivity contribution is 0.383. The zero-order valence-corrected chi connectivity index (χ0v) is 15.0. The van der Waals surface area contributed by atoms with E-state index < -0.39 is 0 Å². The fourth-order valence-electron chi connectivity index (χ4n) is 2.84. The predicted octanol–water partition coefficient (Wildman–Crippen LogP) is 4.29. The lowest BCUT2D eigenvalue weighted by Gasteiger charge is -2.21. The van der Waals surface area contributed by atoms with E-state index in [2.05, 4.69) is 45.1 Å². The first-order valence-corrected chi connectivity index (χ1v) is 8.42. The van der Waals surface area contributed by atoms with Gasteiger partial charge in [0.05, 0.1) is 6.04 Å². The molecule has 2 aromatic heterocycles. The molecule has 0 saturated heterocycles. The summed E-state index contributed by atoms with van der Waals surface area (Å²) in [6.07, 6.45) is 3.77. The molecule has 1 aromatic carbocycles. The molecule has 0 fully saturated rings. The predicted molar refractivity (Wildman–Crippen MR) is 93.6 cm³/mol. The van der Waals surface area contributed by atoms with Crippen LogP contribution in [0.15, 0.2) is 35.1 Å². The second kappa shape index (κ2) is 6.45. The number of nitrogens with zero attached hydrogens (tertiary/aromatic N) is 2. The molecule has 122 valence electrons. The lowest BCUT2D eigenvalue weighted by Crippen LogP contribution is -2.28. The third kappa shape index (κ3) is 3.33. The van der Waals surface area contributed by atoms with Gasteiger partial charge in [-0.15, -0.1) is 0 Å². The largest absolute Gasteiger partial charge is 0.357 e. The molecule has 0 aliphatic heterocycles.